The second kappa shape index (κ2) is 6.82. The molecule has 0 atom stereocenters. The smallest absolute Gasteiger partial charge is 0.334 e. The number of nitrogens with zero attached hydrogens (tertiary/aromatic N) is 1. The molecule has 0 spiro atoms. The van der Waals surface area contributed by atoms with Gasteiger partial charge in [0, 0.05) is 23.0 Å². The van der Waals surface area contributed by atoms with Crippen LogP contribution in [0.2, 0.25) is 0 Å². The quantitative estimate of drug-likeness (QED) is 0.854. The van der Waals surface area contributed by atoms with Gasteiger partial charge in [-0.05, 0) is 35.7 Å². The Bertz CT molecular complexity index is 820. The molecular weight excluding hydrogens is 342 g/mol. The zero-order valence-electron chi connectivity index (χ0n) is 13.2. The molecule has 0 aliphatic carbocycles. The van der Waals surface area contributed by atoms with Crippen LogP contribution < -0.4 is 9.64 Å². The van der Waals surface area contributed by atoms with E-state index in [1.165, 1.54) is 28.6 Å². The summed E-state index contributed by atoms with van der Waals surface area (Å²) in [6, 6.07) is 10.4. The van der Waals surface area contributed by atoms with E-state index in [0.29, 0.717) is 16.3 Å². The largest absolute Gasteiger partial charge is 0.497 e. The second-order valence-electron chi connectivity index (χ2n) is 5.33. The molecule has 0 radical (unpaired) electrons. The van der Waals surface area contributed by atoms with Crippen molar-refractivity contribution in [2.45, 2.75) is 5.92 Å². The van der Waals surface area contributed by atoms with Crippen molar-refractivity contribution in [1.82, 2.24) is 0 Å². The number of hydrogen-bond acceptors (Lipinski definition) is 5. The molecule has 0 saturated heterocycles. The predicted molar refractivity (Wildman–Crippen MR) is 94.0 cm³/mol. The van der Waals surface area contributed by atoms with Crippen molar-refractivity contribution in [2.24, 2.45) is 0 Å². The lowest BCUT2D eigenvalue weighted by Crippen LogP contribution is -2.27. The first kappa shape index (κ1) is 16.8. The Morgan fingerprint density at radius 2 is 1.64 bits per heavy atom. The van der Waals surface area contributed by atoms with Gasteiger partial charge in [0.15, 0.2) is 0 Å². The molecule has 2 aromatic rings. The fourth-order valence-corrected chi connectivity index (χ4v) is 3.54. The van der Waals surface area contributed by atoms with Crippen LogP contribution >= 0.6 is 11.3 Å². The zero-order valence-corrected chi connectivity index (χ0v) is 14.1. The lowest BCUT2D eigenvalue weighted by Gasteiger charge is -2.28. The Morgan fingerprint density at radius 1 is 1.04 bits per heavy atom. The van der Waals surface area contributed by atoms with Gasteiger partial charge in [-0.2, -0.15) is 0 Å². The fraction of sp³-hybridized carbons (Fsp3) is 0.111. The minimum Gasteiger partial charge on any atom is -0.497 e. The molecule has 3 rings (SSSR count). The van der Waals surface area contributed by atoms with Gasteiger partial charge < -0.3 is 19.8 Å². The number of ether oxygens (including phenoxy) is 1. The van der Waals surface area contributed by atoms with Crippen molar-refractivity contribution in [1.29, 1.82) is 0 Å². The number of carboxylic acids is 2. The average Bonchev–Trinajstić information content (AvgIpc) is 3.14. The molecule has 25 heavy (non-hydrogen) atoms. The van der Waals surface area contributed by atoms with Crippen molar-refractivity contribution in [3.8, 4) is 5.75 Å². The molecule has 0 amide bonds. The molecule has 2 N–H and O–H groups in total. The molecule has 6 nitrogen and oxygen atoms in total. The van der Waals surface area contributed by atoms with Crippen LogP contribution in [0.3, 0.4) is 0 Å². The van der Waals surface area contributed by atoms with Crippen LogP contribution in [0.4, 0.5) is 5.69 Å². The number of benzene rings is 1. The molecule has 0 bridgehead atoms. The van der Waals surface area contributed by atoms with Gasteiger partial charge in [0.2, 0.25) is 0 Å². The lowest BCUT2D eigenvalue weighted by molar-refractivity contribution is -0.133. The SMILES string of the molecule is COc1ccc(N2C=C(C(=O)O)C(c3cccs3)C(C(=O)O)=C2)cc1. The Labute approximate surface area is 147 Å². The van der Waals surface area contributed by atoms with E-state index in [0.717, 1.165) is 0 Å². The normalized spacial score (nSPS) is 14.7. The van der Waals surface area contributed by atoms with Crippen molar-refractivity contribution >= 4 is 29.0 Å². The first-order chi connectivity index (χ1) is 12.0. The topological polar surface area (TPSA) is 87.1 Å². The maximum atomic E-state index is 11.8. The number of carbonyl (C=O) groups is 2. The Kier molecular flexibility index (Phi) is 4.58. The summed E-state index contributed by atoms with van der Waals surface area (Å²) in [6.07, 6.45) is 2.92. The van der Waals surface area contributed by atoms with Crippen molar-refractivity contribution in [3.05, 3.63) is 70.2 Å². The summed E-state index contributed by atoms with van der Waals surface area (Å²) in [6.45, 7) is 0. The maximum absolute atomic E-state index is 11.8. The van der Waals surface area contributed by atoms with Crippen LogP contribution in [0.15, 0.2) is 65.3 Å². The standard InChI is InChI=1S/C18H15NO5S/c1-24-12-6-4-11(5-7-12)19-9-13(17(20)21)16(14(10-19)18(22)23)15-3-2-8-25-15/h2-10,16H,1H3,(H,20,21)(H,22,23). The molecule has 1 aliphatic rings. The van der Waals surface area contributed by atoms with E-state index in [-0.39, 0.29) is 11.1 Å². The summed E-state index contributed by atoms with van der Waals surface area (Å²) in [5.41, 5.74) is 0.666. The highest BCUT2D eigenvalue weighted by molar-refractivity contribution is 7.10. The fourth-order valence-electron chi connectivity index (χ4n) is 2.68. The number of hydrogen-bond donors (Lipinski definition) is 2. The van der Waals surface area contributed by atoms with Gasteiger partial charge in [-0.15, -0.1) is 11.3 Å². The Balaban J connectivity index is 2.09. The highest BCUT2D eigenvalue weighted by Gasteiger charge is 2.34. The highest BCUT2D eigenvalue weighted by atomic mass is 32.1. The van der Waals surface area contributed by atoms with E-state index in [2.05, 4.69) is 0 Å². The molecule has 0 saturated carbocycles. The van der Waals surface area contributed by atoms with Crippen LogP contribution in [-0.2, 0) is 9.59 Å². The summed E-state index contributed by atoms with van der Waals surface area (Å²) in [7, 11) is 1.55. The van der Waals surface area contributed by atoms with E-state index >= 15 is 0 Å². The summed E-state index contributed by atoms with van der Waals surface area (Å²) >= 11 is 1.33. The minimum atomic E-state index is -1.15. The van der Waals surface area contributed by atoms with Gasteiger partial charge in [0.05, 0.1) is 24.2 Å². The number of carboxylic acid groups (broad SMARTS) is 2. The molecule has 1 aliphatic heterocycles. The maximum Gasteiger partial charge on any atom is 0.334 e. The Hall–Kier alpha value is -3.06. The zero-order chi connectivity index (χ0) is 18.0. The molecule has 0 fully saturated rings. The van der Waals surface area contributed by atoms with E-state index in [1.54, 1.807) is 48.9 Å². The van der Waals surface area contributed by atoms with Gasteiger partial charge in [0.1, 0.15) is 5.75 Å². The second-order valence-corrected chi connectivity index (χ2v) is 6.31. The highest BCUT2D eigenvalue weighted by Crippen LogP contribution is 2.39. The van der Waals surface area contributed by atoms with Gasteiger partial charge in [-0.25, -0.2) is 9.59 Å². The number of methoxy groups -OCH3 is 1. The molecule has 7 heteroatoms. The summed E-state index contributed by atoms with van der Waals surface area (Å²) in [5.74, 6) is -2.45. The van der Waals surface area contributed by atoms with E-state index in [9.17, 15) is 19.8 Å². The lowest BCUT2D eigenvalue weighted by atomic mass is 9.88. The van der Waals surface area contributed by atoms with Crippen molar-refractivity contribution < 1.29 is 24.5 Å². The molecule has 128 valence electrons. The third-order valence-electron chi connectivity index (χ3n) is 3.87. The first-order valence-electron chi connectivity index (χ1n) is 7.37. The minimum absolute atomic E-state index is 0.0122. The van der Waals surface area contributed by atoms with Crippen LogP contribution in [0, 0.1) is 0 Å². The molecule has 1 aromatic heterocycles. The van der Waals surface area contributed by atoms with Crippen LogP contribution in [-0.4, -0.2) is 29.3 Å². The predicted octanol–water partition coefficient (Wildman–Crippen LogP) is 3.30. The van der Waals surface area contributed by atoms with E-state index in [4.69, 9.17) is 4.74 Å². The summed E-state index contributed by atoms with van der Waals surface area (Å²) < 4.78 is 5.11. The van der Waals surface area contributed by atoms with Crippen LogP contribution in [0.25, 0.3) is 0 Å². The monoisotopic (exact) mass is 357 g/mol. The van der Waals surface area contributed by atoms with Gasteiger partial charge in [-0.1, -0.05) is 6.07 Å². The number of thiophene rings is 1. The average molecular weight is 357 g/mol. The molecule has 2 heterocycles. The third-order valence-corrected chi connectivity index (χ3v) is 4.81. The van der Waals surface area contributed by atoms with Gasteiger partial charge >= 0.3 is 11.9 Å². The van der Waals surface area contributed by atoms with Crippen molar-refractivity contribution in [3.63, 3.8) is 0 Å². The van der Waals surface area contributed by atoms with Crippen LogP contribution in [0.5, 0.6) is 5.75 Å². The summed E-state index contributed by atoms with van der Waals surface area (Å²) in [4.78, 5) is 25.7. The van der Waals surface area contributed by atoms with Gasteiger partial charge in [-0.3, -0.25) is 0 Å². The van der Waals surface area contributed by atoms with Crippen molar-refractivity contribution in [2.75, 3.05) is 12.0 Å². The number of aliphatic carboxylic acids is 2. The first-order valence-corrected chi connectivity index (χ1v) is 8.25. The van der Waals surface area contributed by atoms with E-state index < -0.39 is 17.9 Å². The number of anilines is 1. The van der Waals surface area contributed by atoms with Crippen LogP contribution in [0.1, 0.15) is 10.8 Å². The van der Waals surface area contributed by atoms with Gasteiger partial charge in [0.25, 0.3) is 0 Å². The Morgan fingerprint density at radius 3 is 2.08 bits per heavy atom. The third kappa shape index (κ3) is 3.27. The van der Waals surface area contributed by atoms with E-state index in [1.807, 2.05) is 0 Å². The summed E-state index contributed by atoms with van der Waals surface area (Å²) in [5, 5.41) is 21.0. The molecular formula is C18H15NO5S. The number of rotatable bonds is 5. The molecule has 1 aromatic carbocycles. The molecule has 0 unspecified atom stereocenters.